The highest BCUT2D eigenvalue weighted by Crippen LogP contribution is 2.28. The number of rotatable bonds is 8. The van der Waals surface area contributed by atoms with E-state index in [1.165, 1.54) is 24.5 Å². The van der Waals surface area contributed by atoms with Crippen molar-refractivity contribution in [3.63, 3.8) is 0 Å². The van der Waals surface area contributed by atoms with E-state index in [9.17, 15) is 9.59 Å². The average Bonchev–Trinajstić information content (AvgIpc) is 3.07. The van der Waals surface area contributed by atoms with Crippen molar-refractivity contribution in [3.8, 4) is 11.5 Å². The summed E-state index contributed by atoms with van der Waals surface area (Å²) in [5, 5.41) is 4.78. The molecule has 7 nitrogen and oxygen atoms in total. The lowest BCUT2D eigenvalue weighted by molar-refractivity contribution is -0.139. The Hall–Kier alpha value is -2.87. The van der Waals surface area contributed by atoms with Gasteiger partial charge >= 0.3 is 5.97 Å². The number of benzene rings is 1. The third kappa shape index (κ3) is 5.59. The third-order valence-corrected chi connectivity index (χ3v) is 4.06. The Morgan fingerprint density at radius 1 is 1.27 bits per heavy atom. The standard InChI is InChI=1S/C18H20N2O5S/c1-4-25-14-7-5-12(9-15(14)23-2)6-8-16(21)20-18-19-13(11-26-18)10-17(22)24-3/h5-9,11H,4,10H2,1-3H3,(H,19,20,21)/b8-6+. The summed E-state index contributed by atoms with van der Waals surface area (Å²) in [6, 6.07) is 5.40. The number of nitrogens with one attached hydrogen (secondary N) is 1. The molecule has 8 heteroatoms. The Morgan fingerprint density at radius 2 is 2.08 bits per heavy atom. The predicted octanol–water partition coefficient (Wildman–Crippen LogP) is 2.92. The van der Waals surface area contributed by atoms with E-state index >= 15 is 0 Å². The number of carbonyl (C=O) groups is 2. The number of aromatic nitrogens is 1. The first kappa shape index (κ1) is 19.5. The van der Waals surface area contributed by atoms with Gasteiger partial charge in [0, 0.05) is 11.5 Å². The van der Waals surface area contributed by atoms with Crippen LogP contribution >= 0.6 is 11.3 Å². The zero-order chi connectivity index (χ0) is 18.9. The number of carbonyl (C=O) groups excluding carboxylic acids is 2. The topological polar surface area (TPSA) is 86.8 Å². The summed E-state index contributed by atoms with van der Waals surface area (Å²) in [7, 11) is 2.88. The van der Waals surface area contributed by atoms with Crippen molar-refractivity contribution in [2.75, 3.05) is 26.1 Å². The second-order valence-corrected chi connectivity index (χ2v) is 5.92. The SMILES string of the molecule is CCOc1ccc(/C=C/C(=O)Nc2nc(CC(=O)OC)cs2)cc1OC. The Bertz CT molecular complexity index is 801. The number of nitrogens with zero attached hydrogens (tertiary/aromatic N) is 1. The van der Waals surface area contributed by atoms with Gasteiger partial charge in [0.05, 0.1) is 32.9 Å². The van der Waals surface area contributed by atoms with Gasteiger partial charge in [-0.2, -0.15) is 0 Å². The molecule has 0 saturated carbocycles. The first-order valence-electron chi connectivity index (χ1n) is 7.86. The van der Waals surface area contributed by atoms with Crippen LogP contribution in [-0.2, 0) is 20.7 Å². The molecule has 2 rings (SSSR count). The maximum Gasteiger partial charge on any atom is 0.311 e. The van der Waals surface area contributed by atoms with E-state index in [4.69, 9.17) is 9.47 Å². The van der Waals surface area contributed by atoms with Crippen molar-refractivity contribution in [2.45, 2.75) is 13.3 Å². The molecule has 26 heavy (non-hydrogen) atoms. The molecule has 0 aliphatic rings. The van der Waals surface area contributed by atoms with Crippen LogP contribution in [-0.4, -0.2) is 37.7 Å². The van der Waals surface area contributed by atoms with E-state index in [2.05, 4.69) is 15.0 Å². The molecular formula is C18H20N2O5S. The number of ether oxygens (including phenoxy) is 3. The molecule has 0 aliphatic carbocycles. The van der Waals surface area contributed by atoms with Crippen LogP contribution < -0.4 is 14.8 Å². The molecule has 1 aromatic heterocycles. The summed E-state index contributed by atoms with van der Waals surface area (Å²) in [5.41, 5.74) is 1.35. The zero-order valence-corrected chi connectivity index (χ0v) is 15.6. The minimum absolute atomic E-state index is 0.0741. The molecule has 0 spiro atoms. The highest BCUT2D eigenvalue weighted by atomic mass is 32.1. The van der Waals surface area contributed by atoms with Gasteiger partial charge in [-0.15, -0.1) is 11.3 Å². The minimum Gasteiger partial charge on any atom is -0.493 e. The fraction of sp³-hybridized carbons (Fsp3) is 0.278. The fourth-order valence-electron chi connectivity index (χ4n) is 2.05. The Balaban J connectivity index is 1.98. The molecule has 0 radical (unpaired) electrons. The lowest BCUT2D eigenvalue weighted by Gasteiger charge is -2.09. The number of hydrogen-bond acceptors (Lipinski definition) is 7. The lowest BCUT2D eigenvalue weighted by Crippen LogP contribution is -2.08. The monoisotopic (exact) mass is 376 g/mol. The van der Waals surface area contributed by atoms with Crippen molar-refractivity contribution in [3.05, 3.63) is 40.9 Å². The first-order chi connectivity index (χ1) is 12.5. The molecule has 2 aromatic rings. The number of thiazole rings is 1. The van der Waals surface area contributed by atoms with Crippen molar-refractivity contribution < 1.29 is 23.8 Å². The van der Waals surface area contributed by atoms with Crippen molar-refractivity contribution >= 4 is 34.4 Å². The maximum atomic E-state index is 12.0. The molecular weight excluding hydrogens is 356 g/mol. The first-order valence-corrected chi connectivity index (χ1v) is 8.74. The number of amides is 1. The predicted molar refractivity (Wildman–Crippen MR) is 99.7 cm³/mol. The Morgan fingerprint density at radius 3 is 2.77 bits per heavy atom. The molecule has 0 atom stereocenters. The van der Waals surface area contributed by atoms with Gasteiger partial charge in [0.2, 0.25) is 5.91 Å². The second kappa shape index (κ2) is 9.57. The molecule has 0 saturated heterocycles. The summed E-state index contributed by atoms with van der Waals surface area (Å²) in [6.07, 6.45) is 3.14. The van der Waals surface area contributed by atoms with Crippen molar-refractivity contribution in [2.24, 2.45) is 0 Å². The number of hydrogen-bond donors (Lipinski definition) is 1. The number of methoxy groups -OCH3 is 2. The highest BCUT2D eigenvalue weighted by Gasteiger charge is 2.09. The summed E-state index contributed by atoms with van der Waals surface area (Å²) in [6.45, 7) is 2.44. The van der Waals surface area contributed by atoms with E-state index in [0.717, 1.165) is 5.56 Å². The van der Waals surface area contributed by atoms with Gasteiger partial charge in [-0.05, 0) is 30.7 Å². The van der Waals surface area contributed by atoms with Crippen LogP contribution in [0.25, 0.3) is 6.08 Å². The van der Waals surface area contributed by atoms with Gasteiger partial charge < -0.3 is 14.2 Å². The molecule has 1 amide bonds. The van der Waals surface area contributed by atoms with Crippen molar-refractivity contribution in [1.82, 2.24) is 4.98 Å². The van der Waals surface area contributed by atoms with Crippen LogP contribution in [0.4, 0.5) is 5.13 Å². The number of esters is 1. The van der Waals surface area contributed by atoms with Crippen molar-refractivity contribution in [1.29, 1.82) is 0 Å². The van der Waals surface area contributed by atoms with Crippen LogP contribution in [0.15, 0.2) is 29.7 Å². The second-order valence-electron chi connectivity index (χ2n) is 5.06. The fourth-order valence-corrected chi connectivity index (χ4v) is 2.76. The van der Waals surface area contributed by atoms with Crippen LogP contribution in [0.2, 0.25) is 0 Å². The van der Waals surface area contributed by atoms with Gasteiger partial charge in [-0.25, -0.2) is 4.98 Å². The smallest absolute Gasteiger partial charge is 0.311 e. The van der Waals surface area contributed by atoms with Gasteiger partial charge in [0.25, 0.3) is 0 Å². The minimum atomic E-state index is -0.377. The van der Waals surface area contributed by atoms with Gasteiger partial charge in [-0.1, -0.05) is 6.07 Å². The van der Waals surface area contributed by atoms with Gasteiger partial charge in [0.15, 0.2) is 16.6 Å². The summed E-state index contributed by atoms with van der Waals surface area (Å²) >= 11 is 1.24. The summed E-state index contributed by atoms with van der Waals surface area (Å²) in [4.78, 5) is 27.4. The van der Waals surface area contributed by atoms with Gasteiger partial charge in [-0.3, -0.25) is 14.9 Å². The van der Waals surface area contributed by atoms with Crippen LogP contribution in [0.5, 0.6) is 11.5 Å². The zero-order valence-electron chi connectivity index (χ0n) is 14.8. The molecule has 1 heterocycles. The Kier molecular flexibility index (Phi) is 7.16. The summed E-state index contributed by atoms with van der Waals surface area (Å²) < 4.78 is 15.3. The number of anilines is 1. The normalized spacial score (nSPS) is 10.6. The summed E-state index contributed by atoms with van der Waals surface area (Å²) in [5.74, 6) is 0.550. The molecule has 0 fully saturated rings. The van der Waals surface area contributed by atoms with E-state index in [1.54, 1.807) is 30.7 Å². The maximum absolute atomic E-state index is 12.0. The molecule has 1 aromatic carbocycles. The Labute approximate surface area is 155 Å². The molecule has 0 unspecified atom stereocenters. The highest BCUT2D eigenvalue weighted by molar-refractivity contribution is 7.14. The molecule has 1 N–H and O–H groups in total. The average molecular weight is 376 g/mol. The van der Waals surface area contributed by atoms with E-state index in [-0.39, 0.29) is 18.3 Å². The third-order valence-electron chi connectivity index (χ3n) is 3.25. The molecule has 0 bridgehead atoms. The van der Waals surface area contributed by atoms with E-state index < -0.39 is 0 Å². The van der Waals surface area contributed by atoms with Crippen LogP contribution in [0.3, 0.4) is 0 Å². The van der Waals surface area contributed by atoms with Crippen LogP contribution in [0, 0.1) is 0 Å². The van der Waals surface area contributed by atoms with Crippen LogP contribution in [0.1, 0.15) is 18.2 Å². The molecule has 138 valence electrons. The van der Waals surface area contributed by atoms with E-state index in [1.807, 2.05) is 13.0 Å². The molecule has 0 aliphatic heterocycles. The quantitative estimate of drug-likeness (QED) is 0.563. The lowest BCUT2D eigenvalue weighted by atomic mass is 10.2. The van der Waals surface area contributed by atoms with E-state index in [0.29, 0.717) is 28.9 Å². The van der Waals surface area contributed by atoms with Gasteiger partial charge in [0.1, 0.15) is 0 Å². The largest absolute Gasteiger partial charge is 0.493 e.